The molecule has 0 bridgehead atoms. The van der Waals surface area contributed by atoms with Crippen molar-refractivity contribution in [2.75, 3.05) is 12.9 Å². The van der Waals surface area contributed by atoms with E-state index in [4.69, 9.17) is 17.0 Å². The molecule has 1 heterocycles. The maximum Gasteiger partial charge on any atom is 0.313 e. The monoisotopic (exact) mass is 298 g/mol. The minimum absolute atomic E-state index is 0.0889. The molecule has 0 unspecified atom stereocenters. The van der Waals surface area contributed by atoms with Crippen LogP contribution in [0.25, 0.3) is 5.70 Å². The molecule has 4 nitrogen and oxygen atoms in total. The van der Waals surface area contributed by atoms with Crippen LogP contribution in [0.4, 0.5) is 0 Å². The summed E-state index contributed by atoms with van der Waals surface area (Å²) in [6.45, 7) is 2.00. The van der Waals surface area contributed by atoms with E-state index in [1.54, 1.807) is 23.9 Å². The first kappa shape index (κ1) is 15.7. The Kier molecular flexibility index (Phi) is 6.52. The lowest BCUT2D eigenvalue weighted by Crippen LogP contribution is -2.35. The summed E-state index contributed by atoms with van der Waals surface area (Å²) in [6.07, 6.45) is 5.16. The number of esters is 1. The highest BCUT2D eigenvalue weighted by molar-refractivity contribution is 8.23. The first-order chi connectivity index (χ1) is 9.10. The van der Waals surface area contributed by atoms with Gasteiger partial charge in [0, 0.05) is 12.1 Å². The van der Waals surface area contributed by atoms with Crippen LogP contribution in [0.3, 0.4) is 0 Å². The van der Waals surface area contributed by atoms with Crippen LogP contribution in [0.5, 0.6) is 0 Å². The van der Waals surface area contributed by atoms with Crippen LogP contribution >= 0.6 is 24.0 Å². The summed E-state index contributed by atoms with van der Waals surface area (Å²) >= 11 is 6.56. The van der Waals surface area contributed by atoms with Gasteiger partial charge < -0.3 is 9.84 Å². The third-order valence-corrected chi connectivity index (χ3v) is 3.50. The smallest absolute Gasteiger partial charge is 0.313 e. The molecule has 0 atom stereocenters. The lowest BCUT2D eigenvalue weighted by molar-refractivity contribution is -0.577. The SMILES string of the molecule is CCOC(=O)C/C(O)=C(\C(=S)SC)[n+]1ccccc1. The van der Waals surface area contributed by atoms with Crippen LogP contribution < -0.4 is 4.57 Å². The number of ether oxygens (including phenoxy) is 1. The van der Waals surface area contributed by atoms with Crippen molar-refractivity contribution >= 4 is 39.8 Å². The number of aliphatic hydroxyl groups is 1. The fourth-order valence-corrected chi connectivity index (χ4v) is 2.09. The fraction of sp³-hybridized carbons (Fsp3) is 0.308. The van der Waals surface area contributed by atoms with E-state index >= 15 is 0 Å². The molecule has 0 amide bonds. The Hall–Kier alpha value is -1.40. The summed E-state index contributed by atoms with van der Waals surface area (Å²) in [5.41, 5.74) is 0.441. The molecule has 0 fully saturated rings. The van der Waals surface area contributed by atoms with Gasteiger partial charge in [0.05, 0.1) is 6.61 Å². The van der Waals surface area contributed by atoms with Crippen molar-refractivity contribution in [1.29, 1.82) is 0 Å². The zero-order chi connectivity index (χ0) is 14.3. The van der Waals surface area contributed by atoms with Gasteiger partial charge in [-0.1, -0.05) is 18.3 Å². The van der Waals surface area contributed by atoms with Crippen molar-refractivity contribution < 1.29 is 19.2 Å². The quantitative estimate of drug-likeness (QED) is 0.297. The maximum absolute atomic E-state index is 11.4. The Labute approximate surface area is 122 Å². The largest absolute Gasteiger partial charge is 0.505 e. The third kappa shape index (κ3) is 4.65. The first-order valence-corrected chi connectivity index (χ1v) is 7.36. The maximum atomic E-state index is 11.4. The van der Waals surface area contributed by atoms with Crippen LogP contribution in [0.1, 0.15) is 13.3 Å². The molecule has 0 aliphatic carbocycles. The van der Waals surface area contributed by atoms with Crippen molar-refractivity contribution in [3.63, 3.8) is 0 Å². The molecule has 0 spiro atoms. The Morgan fingerprint density at radius 1 is 1.37 bits per heavy atom. The molecular formula is C13H16NO3S2+. The number of hydrogen-bond donors (Lipinski definition) is 1. The van der Waals surface area contributed by atoms with Crippen molar-refractivity contribution in [1.82, 2.24) is 0 Å². The Bertz CT molecular complexity index is 486. The zero-order valence-electron chi connectivity index (χ0n) is 10.8. The number of hydrogen-bond acceptors (Lipinski definition) is 5. The minimum atomic E-state index is -0.474. The number of thiocarbonyl (C=S) groups is 1. The molecule has 0 saturated heterocycles. The highest BCUT2D eigenvalue weighted by atomic mass is 32.2. The molecule has 1 N–H and O–H groups in total. The summed E-state index contributed by atoms with van der Waals surface area (Å²) in [6, 6.07) is 5.50. The highest BCUT2D eigenvalue weighted by Gasteiger charge is 2.23. The number of thioether (sulfide) groups is 1. The zero-order valence-corrected chi connectivity index (χ0v) is 12.5. The molecule has 0 aromatic carbocycles. The molecule has 1 rings (SSSR count). The molecule has 1 aromatic rings. The van der Waals surface area contributed by atoms with Gasteiger partial charge in [-0.05, 0) is 13.2 Å². The van der Waals surface area contributed by atoms with Crippen LogP contribution in [-0.2, 0) is 9.53 Å². The second-order valence-corrected chi connectivity index (χ2v) is 5.03. The lowest BCUT2D eigenvalue weighted by Gasteiger charge is -2.05. The molecular weight excluding hydrogens is 282 g/mol. The van der Waals surface area contributed by atoms with Gasteiger partial charge in [-0.2, -0.15) is 4.57 Å². The van der Waals surface area contributed by atoms with E-state index in [0.717, 1.165) is 0 Å². The lowest BCUT2D eigenvalue weighted by atomic mass is 10.3. The third-order valence-electron chi connectivity index (χ3n) is 2.24. The van der Waals surface area contributed by atoms with E-state index in [9.17, 15) is 9.90 Å². The van der Waals surface area contributed by atoms with E-state index in [1.165, 1.54) is 11.8 Å². The normalized spacial score (nSPS) is 11.7. The molecule has 0 aliphatic heterocycles. The topological polar surface area (TPSA) is 50.4 Å². The van der Waals surface area contributed by atoms with Crippen LogP contribution in [0.15, 0.2) is 36.4 Å². The average molecular weight is 298 g/mol. The summed E-state index contributed by atoms with van der Waals surface area (Å²) in [4.78, 5) is 11.4. The number of carbonyl (C=O) groups is 1. The highest BCUT2D eigenvalue weighted by Crippen LogP contribution is 2.15. The van der Waals surface area contributed by atoms with Gasteiger partial charge in [0.2, 0.25) is 0 Å². The molecule has 0 aliphatic rings. The fourth-order valence-electron chi connectivity index (χ4n) is 1.45. The predicted octanol–water partition coefficient (Wildman–Crippen LogP) is 2.34. The number of carbonyl (C=O) groups excluding carboxylic acids is 1. The Balaban J connectivity index is 3.09. The number of aromatic nitrogens is 1. The van der Waals surface area contributed by atoms with Crippen LogP contribution in [0, 0.1) is 0 Å². The second-order valence-electron chi connectivity index (χ2n) is 3.55. The number of nitrogens with zero attached hydrogens (tertiary/aromatic N) is 1. The molecule has 6 heteroatoms. The summed E-state index contributed by atoms with van der Waals surface area (Å²) in [7, 11) is 0. The molecule has 0 radical (unpaired) electrons. The summed E-state index contributed by atoms with van der Waals surface area (Å²) < 4.78 is 7.02. The van der Waals surface area contributed by atoms with Crippen molar-refractivity contribution in [3.8, 4) is 0 Å². The van der Waals surface area contributed by atoms with Gasteiger partial charge in [-0.15, -0.1) is 11.8 Å². The number of pyridine rings is 1. The number of aliphatic hydroxyl groups excluding tert-OH is 1. The van der Waals surface area contributed by atoms with Gasteiger partial charge in [-0.25, -0.2) is 0 Å². The average Bonchev–Trinajstić information content (AvgIpc) is 2.40. The molecule has 1 aromatic heterocycles. The summed E-state index contributed by atoms with van der Waals surface area (Å²) in [5.74, 6) is -0.563. The summed E-state index contributed by atoms with van der Waals surface area (Å²) in [5, 5.41) is 10.1. The minimum Gasteiger partial charge on any atom is -0.505 e. The van der Waals surface area contributed by atoms with E-state index < -0.39 is 5.97 Å². The van der Waals surface area contributed by atoms with Gasteiger partial charge in [0.15, 0.2) is 18.2 Å². The van der Waals surface area contributed by atoms with Gasteiger partial charge in [0.25, 0.3) is 5.70 Å². The van der Waals surface area contributed by atoms with E-state index in [-0.39, 0.29) is 18.8 Å². The van der Waals surface area contributed by atoms with Gasteiger partial charge >= 0.3 is 5.97 Å². The van der Waals surface area contributed by atoms with Crippen LogP contribution in [0.2, 0.25) is 0 Å². The number of rotatable bonds is 5. The first-order valence-electron chi connectivity index (χ1n) is 5.72. The van der Waals surface area contributed by atoms with Crippen molar-refractivity contribution in [2.45, 2.75) is 13.3 Å². The Morgan fingerprint density at radius 3 is 2.53 bits per heavy atom. The van der Waals surface area contributed by atoms with E-state index in [0.29, 0.717) is 9.89 Å². The van der Waals surface area contributed by atoms with Gasteiger partial charge in [0.1, 0.15) is 10.6 Å². The van der Waals surface area contributed by atoms with Crippen molar-refractivity contribution in [2.24, 2.45) is 0 Å². The molecule has 0 saturated carbocycles. The second kappa shape index (κ2) is 7.91. The van der Waals surface area contributed by atoms with Crippen LogP contribution in [-0.4, -0.2) is 28.1 Å². The van der Waals surface area contributed by atoms with Crippen molar-refractivity contribution in [3.05, 3.63) is 36.4 Å². The van der Waals surface area contributed by atoms with E-state index in [2.05, 4.69) is 0 Å². The standard InChI is InChI=1S/C13H15NO3S2/c1-3-17-11(16)9-10(15)12(13(18)19-2)14-7-5-4-6-8-14/h4-8H,3,9H2,1-2H3/p+1. The molecule has 102 valence electrons. The van der Waals surface area contributed by atoms with Gasteiger partial charge in [-0.3, -0.25) is 4.79 Å². The molecule has 19 heavy (non-hydrogen) atoms. The van der Waals surface area contributed by atoms with E-state index in [1.807, 2.05) is 24.5 Å². The Morgan fingerprint density at radius 2 is 2.00 bits per heavy atom. The predicted molar refractivity (Wildman–Crippen MR) is 79.8 cm³/mol.